The summed E-state index contributed by atoms with van der Waals surface area (Å²) in [5.41, 5.74) is 0.774. The number of nitrogens with zero attached hydrogens (tertiary/aromatic N) is 2. The van der Waals surface area contributed by atoms with Gasteiger partial charge in [0, 0.05) is 30.7 Å². The highest BCUT2D eigenvalue weighted by Gasteiger charge is 2.50. The third-order valence-corrected chi connectivity index (χ3v) is 5.18. The van der Waals surface area contributed by atoms with Gasteiger partial charge in [0.25, 0.3) is 0 Å². The van der Waals surface area contributed by atoms with Crippen LogP contribution in [0, 0.1) is 0 Å². The Morgan fingerprint density at radius 3 is 3.00 bits per heavy atom. The topological polar surface area (TPSA) is 51.7 Å². The molecule has 0 aromatic carbocycles. The number of hydrogen-bond donors (Lipinski definition) is 0. The normalized spacial score (nSPS) is 25.8. The van der Waals surface area contributed by atoms with Crippen LogP contribution in [0.1, 0.15) is 38.5 Å². The van der Waals surface area contributed by atoms with Crippen molar-refractivity contribution in [2.24, 2.45) is 0 Å². The summed E-state index contributed by atoms with van der Waals surface area (Å²) in [4.78, 5) is 18.7. The quantitative estimate of drug-likeness (QED) is 0.856. The average molecular weight is 328 g/mol. The molecule has 1 atom stereocenters. The maximum Gasteiger partial charge on any atom is 0.249 e. The van der Waals surface area contributed by atoms with E-state index in [1.165, 1.54) is 6.42 Å². The second-order valence-corrected chi connectivity index (χ2v) is 7.07. The molecule has 1 aromatic heterocycles. The number of likely N-dealkylation sites (tertiary alicyclic amines) is 1. The smallest absolute Gasteiger partial charge is 0.249 e. The lowest BCUT2D eigenvalue weighted by atomic mass is 9.83. The van der Waals surface area contributed by atoms with Crippen molar-refractivity contribution >= 4 is 5.91 Å². The van der Waals surface area contributed by atoms with Crippen LogP contribution >= 0.6 is 0 Å². The summed E-state index contributed by atoms with van der Waals surface area (Å²) in [6, 6.07) is 5.70. The number of pyridine rings is 1. The molecule has 24 heavy (non-hydrogen) atoms. The molecule has 1 aliphatic carbocycles. The first-order valence-corrected chi connectivity index (χ1v) is 8.94. The largest absolute Gasteiger partial charge is 0.474 e. The van der Waals surface area contributed by atoms with Gasteiger partial charge in [-0.25, -0.2) is 4.98 Å². The molecule has 1 spiro atoms. The zero-order valence-electron chi connectivity index (χ0n) is 13.9. The second-order valence-electron chi connectivity index (χ2n) is 7.07. The first-order valence-electron chi connectivity index (χ1n) is 8.94. The lowest BCUT2D eigenvalue weighted by Gasteiger charge is -2.53. The van der Waals surface area contributed by atoms with Gasteiger partial charge >= 0.3 is 0 Å². The fourth-order valence-electron chi connectivity index (χ4n) is 3.92. The Kier molecular flexibility index (Phi) is 4.27. The number of carbonyl (C=O) groups excluding carboxylic acids is 1. The van der Waals surface area contributed by atoms with E-state index in [0.717, 1.165) is 37.7 Å². The molecular weight excluding hydrogens is 304 g/mol. The summed E-state index contributed by atoms with van der Waals surface area (Å²) < 4.78 is 12.0. The number of allylic oxidation sites excluding steroid dienone is 1. The fourth-order valence-corrected chi connectivity index (χ4v) is 3.92. The van der Waals surface area contributed by atoms with Gasteiger partial charge in [-0.15, -0.1) is 0 Å². The van der Waals surface area contributed by atoms with E-state index in [-0.39, 0.29) is 17.6 Å². The molecule has 2 saturated heterocycles. The molecule has 0 bridgehead atoms. The van der Waals surface area contributed by atoms with Gasteiger partial charge < -0.3 is 14.4 Å². The maximum atomic E-state index is 12.5. The van der Waals surface area contributed by atoms with Crippen molar-refractivity contribution in [2.45, 2.75) is 50.2 Å². The first-order chi connectivity index (χ1) is 11.7. The molecule has 1 unspecified atom stereocenters. The average Bonchev–Trinajstić information content (AvgIpc) is 2.61. The summed E-state index contributed by atoms with van der Waals surface area (Å²) in [5.74, 6) is 0.871. The van der Waals surface area contributed by atoms with Gasteiger partial charge in [-0.1, -0.05) is 12.1 Å². The fraction of sp³-hybridized carbons (Fsp3) is 0.579. The first kappa shape index (κ1) is 15.6. The number of hydrogen-bond acceptors (Lipinski definition) is 4. The van der Waals surface area contributed by atoms with E-state index in [9.17, 15) is 4.79 Å². The number of aromatic nitrogens is 1. The van der Waals surface area contributed by atoms with Gasteiger partial charge in [-0.2, -0.15) is 0 Å². The monoisotopic (exact) mass is 328 g/mol. The molecule has 1 amide bonds. The van der Waals surface area contributed by atoms with E-state index in [1.807, 2.05) is 23.1 Å². The number of amides is 1. The molecule has 2 aliphatic heterocycles. The SMILES string of the molecule is O=C(C1=CCCCC1)N1CC2(CC(Oc3ccccn3)CCO2)C1. The molecule has 1 aromatic rings. The van der Waals surface area contributed by atoms with E-state index in [4.69, 9.17) is 9.47 Å². The maximum absolute atomic E-state index is 12.5. The van der Waals surface area contributed by atoms with Crippen LogP contribution in [-0.2, 0) is 9.53 Å². The molecule has 4 rings (SSSR count). The highest BCUT2D eigenvalue weighted by Crippen LogP contribution is 2.36. The number of rotatable bonds is 3. The summed E-state index contributed by atoms with van der Waals surface area (Å²) >= 11 is 0. The predicted octanol–water partition coefficient (Wildman–Crippen LogP) is 2.72. The van der Waals surface area contributed by atoms with Crippen molar-refractivity contribution in [1.82, 2.24) is 9.88 Å². The van der Waals surface area contributed by atoms with E-state index < -0.39 is 0 Å². The van der Waals surface area contributed by atoms with E-state index in [1.54, 1.807) is 6.20 Å². The van der Waals surface area contributed by atoms with E-state index in [2.05, 4.69) is 11.1 Å². The van der Waals surface area contributed by atoms with Gasteiger partial charge in [0.15, 0.2) is 0 Å². The van der Waals surface area contributed by atoms with Crippen LogP contribution in [-0.4, -0.2) is 47.2 Å². The minimum atomic E-state index is -0.220. The van der Waals surface area contributed by atoms with Crippen LogP contribution in [0.15, 0.2) is 36.0 Å². The Morgan fingerprint density at radius 1 is 1.33 bits per heavy atom. The zero-order chi connectivity index (χ0) is 16.4. The van der Waals surface area contributed by atoms with Crippen molar-refractivity contribution in [3.8, 4) is 5.88 Å². The molecule has 0 radical (unpaired) electrons. The number of carbonyl (C=O) groups is 1. The molecule has 3 aliphatic rings. The van der Waals surface area contributed by atoms with Crippen LogP contribution in [0.5, 0.6) is 5.88 Å². The highest BCUT2D eigenvalue weighted by molar-refractivity contribution is 5.94. The van der Waals surface area contributed by atoms with Crippen molar-refractivity contribution < 1.29 is 14.3 Å². The third-order valence-electron chi connectivity index (χ3n) is 5.18. The Balaban J connectivity index is 1.34. The van der Waals surface area contributed by atoms with Crippen molar-refractivity contribution in [3.05, 3.63) is 36.0 Å². The minimum absolute atomic E-state index is 0.111. The van der Waals surface area contributed by atoms with Crippen LogP contribution in [0.4, 0.5) is 0 Å². The Labute approximate surface area is 142 Å². The van der Waals surface area contributed by atoms with Crippen molar-refractivity contribution in [1.29, 1.82) is 0 Å². The van der Waals surface area contributed by atoms with Gasteiger partial charge in [0.05, 0.1) is 19.7 Å². The molecule has 3 heterocycles. The number of ether oxygens (including phenoxy) is 2. The van der Waals surface area contributed by atoms with Crippen LogP contribution in [0.3, 0.4) is 0 Å². The lowest BCUT2D eigenvalue weighted by molar-refractivity contribution is -0.191. The molecule has 0 N–H and O–H groups in total. The van der Waals surface area contributed by atoms with Crippen LogP contribution < -0.4 is 4.74 Å². The molecule has 0 saturated carbocycles. The van der Waals surface area contributed by atoms with Crippen molar-refractivity contribution in [2.75, 3.05) is 19.7 Å². The predicted molar refractivity (Wildman–Crippen MR) is 89.7 cm³/mol. The van der Waals surface area contributed by atoms with Crippen LogP contribution in [0.25, 0.3) is 0 Å². The van der Waals surface area contributed by atoms with Gasteiger partial charge in [-0.05, 0) is 31.7 Å². The Morgan fingerprint density at radius 2 is 2.25 bits per heavy atom. The van der Waals surface area contributed by atoms with E-state index in [0.29, 0.717) is 25.6 Å². The zero-order valence-corrected chi connectivity index (χ0v) is 13.9. The molecule has 128 valence electrons. The lowest BCUT2D eigenvalue weighted by Crippen LogP contribution is -2.67. The highest BCUT2D eigenvalue weighted by atomic mass is 16.5. The standard InChI is InChI=1S/C19H24N2O3/c22-18(15-6-2-1-3-7-15)21-13-19(14-21)12-16(9-11-23-19)24-17-8-4-5-10-20-17/h4-6,8,10,16H,1-3,7,9,11-14H2. The minimum Gasteiger partial charge on any atom is -0.474 e. The molecule has 2 fully saturated rings. The third kappa shape index (κ3) is 3.18. The molecule has 5 nitrogen and oxygen atoms in total. The van der Waals surface area contributed by atoms with Gasteiger partial charge in [-0.3, -0.25) is 4.79 Å². The summed E-state index contributed by atoms with van der Waals surface area (Å²) in [6.45, 7) is 2.05. The summed E-state index contributed by atoms with van der Waals surface area (Å²) in [7, 11) is 0. The summed E-state index contributed by atoms with van der Waals surface area (Å²) in [5, 5.41) is 0. The Bertz CT molecular complexity index is 623. The molecular formula is C19H24N2O3. The molecule has 5 heteroatoms. The van der Waals surface area contributed by atoms with E-state index >= 15 is 0 Å². The second kappa shape index (κ2) is 6.55. The van der Waals surface area contributed by atoms with Gasteiger partial charge in [0.2, 0.25) is 11.8 Å². The Hall–Kier alpha value is -1.88. The van der Waals surface area contributed by atoms with Crippen LogP contribution in [0.2, 0.25) is 0 Å². The van der Waals surface area contributed by atoms with Gasteiger partial charge in [0.1, 0.15) is 11.7 Å². The van der Waals surface area contributed by atoms with Crippen molar-refractivity contribution in [3.63, 3.8) is 0 Å². The summed E-state index contributed by atoms with van der Waals surface area (Å²) in [6.07, 6.45) is 9.97.